The minimum absolute atomic E-state index is 1.02. The zero-order valence-corrected chi connectivity index (χ0v) is 6.58. The van der Waals surface area contributed by atoms with E-state index in [0.29, 0.717) is 0 Å². The van der Waals surface area contributed by atoms with Crippen LogP contribution in [0.1, 0.15) is 6.42 Å². The molecule has 1 rings (SSSR count). The Hall–Kier alpha value is -0.720. The molecule has 0 aromatic heterocycles. The van der Waals surface area contributed by atoms with Crippen molar-refractivity contribution in [3.05, 3.63) is 36.5 Å². The fourth-order valence-electron chi connectivity index (χ4n) is 0.558. The van der Waals surface area contributed by atoms with E-state index in [0.717, 1.165) is 6.42 Å². The molecule has 0 amide bonds. The van der Waals surface area contributed by atoms with Crippen molar-refractivity contribution in [1.82, 2.24) is 0 Å². The van der Waals surface area contributed by atoms with Gasteiger partial charge in [0.2, 0.25) is 0 Å². The van der Waals surface area contributed by atoms with Crippen LogP contribution < -0.4 is 0 Å². The van der Waals surface area contributed by atoms with Crippen molar-refractivity contribution in [3.63, 3.8) is 0 Å². The molecular weight excluding hydrogens is 147 g/mol. The van der Waals surface area contributed by atoms with Crippen LogP contribution in [0.15, 0.2) is 36.5 Å². The Labute approximate surface area is 61.9 Å². The fraction of sp³-hybridized carbons (Fsp3) is 0.143. The average Bonchev–Trinajstić information content (AvgIpc) is 1.91. The molecule has 1 unspecified atom stereocenters. The van der Waals surface area contributed by atoms with Gasteiger partial charge in [-0.25, -0.2) is 0 Å². The summed E-state index contributed by atoms with van der Waals surface area (Å²) in [6.07, 6.45) is 9.19. The lowest BCUT2D eigenvalue weighted by molar-refractivity contribution is 0.524. The predicted molar refractivity (Wildman–Crippen MR) is 43.3 cm³/mol. The summed E-state index contributed by atoms with van der Waals surface area (Å²) >= 11 is 0. The zero-order valence-electron chi connectivity index (χ0n) is 5.58. The quantitative estimate of drug-likeness (QED) is 0.546. The van der Waals surface area contributed by atoms with Gasteiger partial charge in [0.05, 0.1) is 0 Å². The number of hydrogen-bond acceptors (Lipinski definition) is 1. The normalized spacial score (nSPS) is 14.7. The van der Waals surface area contributed by atoms with Crippen LogP contribution in [0.4, 0.5) is 0 Å². The van der Waals surface area contributed by atoms with E-state index in [1.54, 1.807) is 0 Å². The first kappa shape index (κ1) is 9.28. The number of rotatable bonds is 0. The Morgan fingerprint density at radius 2 is 2.20 bits per heavy atom. The minimum atomic E-state index is -1.17. The summed E-state index contributed by atoms with van der Waals surface area (Å²) in [5.41, 5.74) is 1.20. The van der Waals surface area contributed by atoms with Gasteiger partial charge in [-0.1, -0.05) is 36.5 Å². The van der Waals surface area contributed by atoms with E-state index in [9.17, 15) is 0 Å². The predicted octanol–water partition coefficient (Wildman–Crippen LogP) is 1.98. The molecule has 0 bridgehead atoms. The van der Waals surface area contributed by atoms with Crippen molar-refractivity contribution >= 4 is 8.69 Å². The molecule has 0 saturated heterocycles. The van der Waals surface area contributed by atoms with Gasteiger partial charge in [0.15, 0.2) is 0 Å². The summed E-state index contributed by atoms with van der Waals surface area (Å²) in [6, 6.07) is 0. The first-order chi connectivity index (χ1) is 4.81. The highest BCUT2D eigenvalue weighted by Crippen LogP contribution is 2.05. The topological polar surface area (TPSA) is 37.3 Å². The van der Waals surface area contributed by atoms with E-state index in [-0.39, 0.29) is 0 Å². The van der Waals surface area contributed by atoms with Crippen LogP contribution >= 0.6 is 8.69 Å². The van der Waals surface area contributed by atoms with Gasteiger partial charge < -0.3 is 0 Å². The molecule has 0 fully saturated rings. The molecule has 0 aromatic carbocycles. The Morgan fingerprint density at radius 1 is 1.60 bits per heavy atom. The van der Waals surface area contributed by atoms with Crippen LogP contribution in [0.2, 0.25) is 0 Å². The Kier molecular flexibility index (Phi) is 5.94. The smallest absolute Gasteiger partial charge is 0.162 e. The summed E-state index contributed by atoms with van der Waals surface area (Å²) in [7, 11) is -1.17. The van der Waals surface area contributed by atoms with Gasteiger partial charge in [0.25, 0.3) is 0 Å². The molecule has 0 aliphatic heterocycles. The largest absolute Gasteiger partial charge is 0.491 e. The minimum Gasteiger partial charge on any atom is -0.162 e. The van der Waals surface area contributed by atoms with E-state index < -0.39 is 8.69 Å². The molecule has 54 valence electrons. The Morgan fingerprint density at radius 3 is 2.40 bits per heavy atom. The molecule has 3 heteroatoms. The van der Waals surface area contributed by atoms with Gasteiger partial charge in [-0.2, -0.15) is 4.89 Å². The molecule has 1 N–H and O–H groups in total. The summed E-state index contributed by atoms with van der Waals surface area (Å²) in [5.74, 6) is 0. The molecule has 1 atom stereocenters. The van der Waals surface area contributed by atoms with Crippen LogP contribution in [-0.2, 0) is 4.57 Å². The molecule has 10 heavy (non-hydrogen) atoms. The van der Waals surface area contributed by atoms with Crippen molar-refractivity contribution in [3.8, 4) is 0 Å². The van der Waals surface area contributed by atoms with Crippen molar-refractivity contribution < 1.29 is 9.46 Å². The van der Waals surface area contributed by atoms with Gasteiger partial charge in [0.1, 0.15) is 0 Å². The number of hydrogen-bond donors (Lipinski definition) is 1. The summed E-state index contributed by atoms with van der Waals surface area (Å²) in [4.78, 5) is 7.04. The average molecular weight is 157 g/mol. The molecule has 0 spiro atoms. The summed E-state index contributed by atoms with van der Waals surface area (Å²) in [6.45, 7) is 3.78. The highest BCUT2D eigenvalue weighted by molar-refractivity contribution is 7.16. The van der Waals surface area contributed by atoms with E-state index in [1.807, 2.05) is 18.2 Å². The first-order valence-corrected chi connectivity index (χ1v) is 3.69. The van der Waals surface area contributed by atoms with Gasteiger partial charge in [-0.05, 0) is 11.0 Å². The van der Waals surface area contributed by atoms with Crippen LogP contribution in [-0.4, -0.2) is 4.89 Å². The van der Waals surface area contributed by atoms with Crippen LogP contribution in [0.5, 0.6) is 0 Å². The fourth-order valence-corrected chi connectivity index (χ4v) is 0.558. The third-order valence-electron chi connectivity index (χ3n) is 0.959. The highest BCUT2D eigenvalue weighted by atomic mass is 31.1. The second-order valence-electron chi connectivity index (χ2n) is 1.74. The Bertz CT molecular complexity index is 170. The molecule has 0 radical (unpaired) electrons. The maximum absolute atomic E-state index is 8.51. The first-order valence-electron chi connectivity index (χ1n) is 2.83. The molecule has 0 aromatic rings. The van der Waals surface area contributed by atoms with Crippen LogP contribution in [0.3, 0.4) is 0 Å². The Balaban J connectivity index is 0.000000236. The molecule has 0 heterocycles. The lowest BCUT2D eigenvalue weighted by atomic mass is 10.1. The second-order valence-corrected chi connectivity index (χ2v) is 1.92. The molecule has 1 aliphatic rings. The van der Waals surface area contributed by atoms with Crippen molar-refractivity contribution in [1.29, 1.82) is 0 Å². The van der Waals surface area contributed by atoms with Crippen LogP contribution in [0, 0.1) is 0 Å². The van der Waals surface area contributed by atoms with Gasteiger partial charge in [0, 0.05) is 0 Å². The molecule has 1 aliphatic carbocycles. The van der Waals surface area contributed by atoms with Crippen LogP contribution in [0.25, 0.3) is 0 Å². The van der Waals surface area contributed by atoms with Crippen molar-refractivity contribution in [2.75, 3.05) is 0 Å². The van der Waals surface area contributed by atoms with Gasteiger partial charge in [-0.3, -0.25) is 0 Å². The van der Waals surface area contributed by atoms with E-state index in [2.05, 4.69) is 12.7 Å². The molecule has 0 saturated carbocycles. The van der Waals surface area contributed by atoms with E-state index in [1.165, 1.54) is 5.57 Å². The number of allylic oxidation sites excluding steroid dienone is 5. The standard InChI is InChI=1S/C7H8.HO2P/c1-7-5-3-2-4-6-7;1-3-2/h2-5H,1,6H2;3H/p+1. The molecular formula is C7H10O2P+. The van der Waals surface area contributed by atoms with Crippen molar-refractivity contribution in [2.45, 2.75) is 6.42 Å². The zero-order chi connectivity index (χ0) is 7.82. The molecule has 2 nitrogen and oxygen atoms in total. The van der Waals surface area contributed by atoms with E-state index >= 15 is 0 Å². The third kappa shape index (κ3) is 5.42. The third-order valence-corrected chi connectivity index (χ3v) is 0.959. The maximum Gasteiger partial charge on any atom is 0.491 e. The SMILES string of the molecule is C=C1C=CC=CC1.O=[PH+]O. The lowest BCUT2D eigenvalue weighted by Gasteiger charge is -1.94. The maximum atomic E-state index is 8.51. The summed E-state index contributed by atoms with van der Waals surface area (Å²) < 4.78 is 8.51. The monoisotopic (exact) mass is 157 g/mol. The second kappa shape index (κ2) is 6.40. The van der Waals surface area contributed by atoms with Gasteiger partial charge >= 0.3 is 8.69 Å². The highest BCUT2D eigenvalue weighted by Gasteiger charge is 1.84. The lowest BCUT2D eigenvalue weighted by Crippen LogP contribution is -1.74. The van der Waals surface area contributed by atoms with Gasteiger partial charge in [-0.15, -0.1) is 0 Å². The summed E-state index contributed by atoms with van der Waals surface area (Å²) in [5, 5.41) is 0. The van der Waals surface area contributed by atoms with Crippen molar-refractivity contribution in [2.24, 2.45) is 0 Å². The van der Waals surface area contributed by atoms with E-state index in [4.69, 9.17) is 9.46 Å².